The van der Waals surface area contributed by atoms with Crippen LogP contribution in [0.3, 0.4) is 0 Å². The van der Waals surface area contributed by atoms with Crippen molar-refractivity contribution in [3.8, 4) is 0 Å². The number of rotatable bonds is 2. The van der Waals surface area contributed by atoms with Crippen LogP contribution in [0.1, 0.15) is 23.3 Å². The van der Waals surface area contributed by atoms with Crippen molar-refractivity contribution in [1.29, 1.82) is 0 Å². The number of ether oxygens (including phenoxy) is 1. The maximum Gasteiger partial charge on any atom is 0.286 e. The van der Waals surface area contributed by atoms with Crippen molar-refractivity contribution in [2.45, 2.75) is 18.9 Å². The Hall–Kier alpha value is -1.34. The highest BCUT2D eigenvalue weighted by Crippen LogP contribution is 2.13. The molecule has 7 heteroatoms. The van der Waals surface area contributed by atoms with Crippen LogP contribution in [-0.4, -0.2) is 29.1 Å². The van der Waals surface area contributed by atoms with Gasteiger partial charge < -0.3 is 9.30 Å². The van der Waals surface area contributed by atoms with E-state index < -0.39 is 6.10 Å². The normalized spacial score (nSPS) is 18.7. The molecule has 0 bridgehead atoms. The lowest BCUT2D eigenvalue weighted by atomic mass is 10.2. The number of hydrogen-bond donors (Lipinski definition) is 2. The SMILES string of the molecule is Cn1cc(Br)cc1C(=O)NNC(=O)C1CCCO1. The zero-order valence-electron chi connectivity index (χ0n) is 9.90. The number of aryl methyl sites for hydroxylation is 1. The topological polar surface area (TPSA) is 72.4 Å². The maximum atomic E-state index is 11.8. The van der Waals surface area contributed by atoms with Crippen molar-refractivity contribution < 1.29 is 14.3 Å². The Morgan fingerprint density at radius 3 is 2.83 bits per heavy atom. The second-order valence-corrected chi connectivity index (χ2v) is 5.02. The molecule has 2 amide bonds. The number of halogens is 1. The molecule has 1 fully saturated rings. The lowest BCUT2D eigenvalue weighted by Crippen LogP contribution is -2.46. The van der Waals surface area contributed by atoms with Gasteiger partial charge >= 0.3 is 0 Å². The Labute approximate surface area is 113 Å². The molecule has 98 valence electrons. The molecule has 1 aromatic heterocycles. The fourth-order valence-electron chi connectivity index (χ4n) is 1.80. The van der Waals surface area contributed by atoms with E-state index in [1.54, 1.807) is 23.9 Å². The van der Waals surface area contributed by atoms with Crippen LogP contribution in [0.2, 0.25) is 0 Å². The Balaban J connectivity index is 1.88. The Morgan fingerprint density at radius 1 is 1.50 bits per heavy atom. The number of hydrogen-bond acceptors (Lipinski definition) is 3. The number of hydrazine groups is 1. The van der Waals surface area contributed by atoms with E-state index in [0.29, 0.717) is 18.7 Å². The third-order valence-corrected chi connectivity index (χ3v) is 3.16. The molecule has 0 aromatic carbocycles. The van der Waals surface area contributed by atoms with Gasteiger partial charge in [0.1, 0.15) is 11.8 Å². The lowest BCUT2D eigenvalue weighted by Gasteiger charge is -2.11. The van der Waals surface area contributed by atoms with Crippen LogP contribution in [0, 0.1) is 0 Å². The smallest absolute Gasteiger partial charge is 0.286 e. The molecule has 1 aliphatic heterocycles. The van der Waals surface area contributed by atoms with Crippen molar-refractivity contribution >= 4 is 27.7 Å². The molecule has 2 heterocycles. The summed E-state index contributed by atoms with van der Waals surface area (Å²) in [6.07, 6.45) is 2.87. The summed E-state index contributed by atoms with van der Waals surface area (Å²) in [6.45, 7) is 0.594. The molecule has 2 N–H and O–H groups in total. The van der Waals surface area contributed by atoms with Gasteiger partial charge in [-0.15, -0.1) is 0 Å². The molecule has 1 atom stereocenters. The highest BCUT2D eigenvalue weighted by Gasteiger charge is 2.24. The number of carbonyl (C=O) groups is 2. The summed E-state index contributed by atoms with van der Waals surface area (Å²) < 4.78 is 7.67. The van der Waals surface area contributed by atoms with Gasteiger partial charge in [-0.1, -0.05) is 0 Å². The van der Waals surface area contributed by atoms with E-state index in [1.807, 2.05) is 0 Å². The molecule has 18 heavy (non-hydrogen) atoms. The first kappa shape index (κ1) is 13.1. The molecule has 1 aliphatic rings. The second-order valence-electron chi connectivity index (χ2n) is 4.10. The Bertz CT molecular complexity index is 466. The standard InChI is InChI=1S/C11H14BrN3O3/c1-15-6-7(12)5-8(15)10(16)13-14-11(17)9-3-2-4-18-9/h5-6,9H,2-4H2,1H3,(H,13,16)(H,14,17). The summed E-state index contributed by atoms with van der Waals surface area (Å²) in [7, 11) is 1.75. The van der Waals surface area contributed by atoms with E-state index in [-0.39, 0.29) is 11.8 Å². The van der Waals surface area contributed by atoms with Gasteiger partial charge in [0.05, 0.1) is 0 Å². The molecule has 2 rings (SSSR count). The molecule has 0 radical (unpaired) electrons. The van der Waals surface area contributed by atoms with Crippen LogP contribution in [0.5, 0.6) is 0 Å². The molecule has 1 saturated heterocycles. The predicted octanol–water partition coefficient (Wildman–Crippen LogP) is 0.728. The van der Waals surface area contributed by atoms with Crippen LogP contribution < -0.4 is 10.9 Å². The van der Waals surface area contributed by atoms with Gasteiger partial charge in [-0.25, -0.2) is 0 Å². The molecule has 0 aliphatic carbocycles. The van der Waals surface area contributed by atoms with Crippen molar-refractivity contribution in [2.24, 2.45) is 7.05 Å². The van der Waals surface area contributed by atoms with Crippen LogP contribution in [-0.2, 0) is 16.6 Å². The highest BCUT2D eigenvalue weighted by molar-refractivity contribution is 9.10. The molecule has 0 saturated carbocycles. The summed E-state index contributed by atoms with van der Waals surface area (Å²) in [6, 6.07) is 1.67. The van der Waals surface area contributed by atoms with Crippen molar-refractivity contribution in [3.63, 3.8) is 0 Å². The first-order valence-electron chi connectivity index (χ1n) is 5.61. The van der Waals surface area contributed by atoms with Gasteiger partial charge in [0, 0.05) is 24.3 Å². The van der Waals surface area contributed by atoms with Gasteiger partial charge in [-0.05, 0) is 34.8 Å². The monoisotopic (exact) mass is 315 g/mol. The van der Waals surface area contributed by atoms with Gasteiger partial charge in [0.25, 0.3) is 11.8 Å². The van der Waals surface area contributed by atoms with Crippen LogP contribution in [0.4, 0.5) is 0 Å². The molecule has 6 nitrogen and oxygen atoms in total. The molecule has 1 aromatic rings. The minimum absolute atomic E-state index is 0.311. The first-order valence-corrected chi connectivity index (χ1v) is 6.41. The highest BCUT2D eigenvalue weighted by atomic mass is 79.9. The van der Waals surface area contributed by atoms with Crippen molar-refractivity contribution in [1.82, 2.24) is 15.4 Å². The van der Waals surface area contributed by atoms with E-state index in [0.717, 1.165) is 10.9 Å². The summed E-state index contributed by atoms with van der Waals surface area (Å²) in [5, 5.41) is 0. The fraction of sp³-hybridized carbons (Fsp3) is 0.455. The summed E-state index contributed by atoms with van der Waals surface area (Å²) >= 11 is 3.28. The number of amides is 2. The lowest BCUT2D eigenvalue weighted by molar-refractivity contribution is -0.130. The van der Waals surface area contributed by atoms with E-state index in [2.05, 4.69) is 26.8 Å². The minimum atomic E-state index is -0.453. The predicted molar refractivity (Wildman–Crippen MR) is 67.7 cm³/mol. The van der Waals surface area contributed by atoms with Crippen molar-refractivity contribution in [2.75, 3.05) is 6.61 Å². The number of carbonyl (C=O) groups excluding carboxylic acids is 2. The average molecular weight is 316 g/mol. The summed E-state index contributed by atoms with van der Waals surface area (Å²) in [5.74, 6) is -0.677. The number of nitrogens with one attached hydrogen (secondary N) is 2. The maximum absolute atomic E-state index is 11.8. The van der Waals surface area contributed by atoms with Gasteiger partial charge in [-0.2, -0.15) is 0 Å². The van der Waals surface area contributed by atoms with Gasteiger partial charge in [0.2, 0.25) is 0 Å². The Morgan fingerprint density at radius 2 is 2.28 bits per heavy atom. The molecular weight excluding hydrogens is 302 g/mol. The minimum Gasteiger partial charge on any atom is -0.368 e. The molecule has 0 spiro atoms. The van der Waals surface area contributed by atoms with Gasteiger partial charge in [0.15, 0.2) is 0 Å². The van der Waals surface area contributed by atoms with Crippen LogP contribution in [0.15, 0.2) is 16.7 Å². The number of aromatic nitrogens is 1. The first-order chi connectivity index (χ1) is 8.58. The zero-order chi connectivity index (χ0) is 13.1. The molecule has 1 unspecified atom stereocenters. The molecular formula is C11H14BrN3O3. The largest absolute Gasteiger partial charge is 0.368 e. The third kappa shape index (κ3) is 2.91. The number of nitrogens with zero attached hydrogens (tertiary/aromatic N) is 1. The second kappa shape index (κ2) is 5.53. The zero-order valence-corrected chi connectivity index (χ0v) is 11.5. The van der Waals surface area contributed by atoms with Gasteiger partial charge in [-0.3, -0.25) is 20.4 Å². The summed E-state index contributed by atoms with van der Waals surface area (Å²) in [4.78, 5) is 23.4. The van der Waals surface area contributed by atoms with E-state index in [9.17, 15) is 9.59 Å². The van der Waals surface area contributed by atoms with E-state index in [4.69, 9.17) is 4.74 Å². The quantitative estimate of drug-likeness (QED) is 0.790. The van der Waals surface area contributed by atoms with E-state index in [1.165, 1.54) is 0 Å². The van der Waals surface area contributed by atoms with Crippen LogP contribution in [0.25, 0.3) is 0 Å². The van der Waals surface area contributed by atoms with E-state index >= 15 is 0 Å². The summed E-state index contributed by atoms with van der Waals surface area (Å²) in [5.41, 5.74) is 5.19. The average Bonchev–Trinajstić information content (AvgIpc) is 2.95. The Kier molecular flexibility index (Phi) is 4.03. The fourth-order valence-corrected chi connectivity index (χ4v) is 2.32. The third-order valence-electron chi connectivity index (χ3n) is 2.73. The van der Waals surface area contributed by atoms with Crippen LogP contribution >= 0.6 is 15.9 Å². The van der Waals surface area contributed by atoms with Crippen molar-refractivity contribution in [3.05, 3.63) is 22.4 Å².